The molecule has 0 aliphatic carbocycles. The summed E-state index contributed by atoms with van der Waals surface area (Å²) in [5.41, 5.74) is 2.81. The number of halogens is 1. The molecule has 2 amide bonds. The Morgan fingerprint density at radius 3 is 2.73 bits per heavy atom. The lowest BCUT2D eigenvalue weighted by molar-refractivity contribution is -0.134. The topological polar surface area (TPSA) is 112 Å². The van der Waals surface area contributed by atoms with Gasteiger partial charge in [-0.15, -0.1) is 0 Å². The number of rotatable bonds is 3. The summed E-state index contributed by atoms with van der Waals surface area (Å²) in [5, 5.41) is 6.98. The molecule has 7 rings (SSSR count). The first-order valence-electron chi connectivity index (χ1n) is 14.3. The van der Waals surface area contributed by atoms with E-state index in [1.54, 1.807) is 37.1 Å². The molecule has 3 aliphatic rings. The Morgan fingerprint density at radius 2 is 1.89 bits per heavy atom. The Labute approximate surface area is 253 Å². The van der Waals surface area contributed by atoms with Gasteiger partial charge in [0.2, 0.25) is 5.91 Å². The Hall–Kier alpha value is -5.19. The van der Waals surface area contributed by atoms with Gasteiger partial charge in [0.1, 0.15) is 23.9 Å². The lowest BCUT2D eigenvalue weighted by Gasteiger charge is -2.38. The Morgan fingerprint density at radius 1 is 1.07 bits per heavy atom. The first-order valence-corrected chi connectivity index (χ1v) is 14.3. The maximum absolute atomic E-state index is 14.5. The molecule has 10 nitrogen and oxygen atoms in total. The fraction of sp³-hybridized carbons (Fsp3) is 0.273. The minimum Gasteiger partial charge on any atom is -0.493 e. The highest BCUT2D eigenvalue weighted by Crippen LogP contribution is 2.40. The molecule has 11 heteroatoms. The molecule has 3 aromatic carbocycles. The molecule has 4 aromatic rings. The average molecular weight is 599 g/mol. The van der Waals surface area contributed by atoms with Crippen LogP contribution in [0.3, 0.4) is 0 Å². The van der Waals surface area contributed by atoms with Gasteiger partial charge in [0.05, 0.1) is 31.0 Å². The van der Waals surface area contributed by atoms with Gasteiger partial charge in [0.25, 0.3) is 11.5 Å². The van der Waals surface area contributed by atoms with Crippen LogP contribution in [0.2, 0.25) is 0 Å². The predicted molar refractivity (Wildman–Crippen MR) is 159 cm³/mol. The van der Waals surface area contributed by atoms with Gasteiger partial charge in [-0.2, -0.15) is 5.10 Å². The molecule has 44 heavy (non-hydrogen) atoms. The number of nitrogens with zero attached hydrogens (tertiary/aromatic N) is 3. The third kappa shape index (κ3) is 5.85. The highest BCUT2D eigenvalue weighted by atomic mass is 19.1. The van der Waals surface area contributed by atoms with Gasteiger partial charge < -0.3 is 24.4 Å². The van der Waals surface area contributed by atoms with Crippen LogP contribution < -0.4 is 25.1 Å². The lowest BCUT2D eigenvalue weighted by atomic mass is 9.87. The minimum atomic E-state index is -0.650. The smallest absolute Gasteiger partial charge is 0.267 e. The van der Waals surface area contributed by atoms with Crippen LogP contribution in [0.15, 0.2) is 71.5 Å². The van der Waals surface area contributed by atoms with Gasteiger partial charge in [-0.1, -0.05) is 12.1 Å². The number of aromatic nitrogens is 2. The molecule has 1 unspecified atom stereocenters. The monoisotopic (exact) mass is 598 g/mol. The normalized spacial score (nSPS) is 16.2. The summed E-state index contributed by atoms with van der Waals surface area (Å²) >= 11 is 0. The largest absolute Gasteiger partial charge is 0.493 e. The Bertz CT molecular complexity index is 1810. The van der Waals surface area contributed by atoms with Crippen LogP contribution in [0.5, 0.6) is 23.0 Å². The number of carbonyl (C=O) groups excluding carboxylic acids is 2. The zero-order valence-corrected chi connectivity index (χ0v) is 24.3. The number of hydrogen-bond donors (Lipinski definition) is 1. The number of nitrogens with one attached hydrogen (secondary N) is 1. The third-order valence-corrected chi connectivity index (χ3v) is 7.73. The zero-order chi connectivity index (χ0) is 30.8. The van der Waals surface area contributed by atoms with Crippen LogP contribution in [-0.2, 0) is 17.8 Å². The van der Waals surface area contributed by atoms with E-state index in [0.29, 0.717) is 48.1 Å². The second-order valence-corrected chi connectivity index (χ2v) is 10.7. The minimum absolute atomic E-state index is 0.117. The van der Waals surface area contributed by atoms with Crippen molar-refractivity contribution in [2.45, 2.75) is 32.4 Å². The number of amides is 2. The van der Waals surface area contributed by atoms with Gasteiger partial charge in [-0.3, -0.25) is 14.4 Å². The molecule has 1 aromatic heterocycles. The lowest BCUT2D eigenvalue weighted by Crippen LogP contribution is -2.43. The highest BCUT2D eigenvalue weighted by Gasteiger charge is 2.33. The van der Waals surface area contributed by atoms with E-state index >= 15 is 0 Å². The molecular formula is C33H31FN4O6. The highest BCUT2D eigenvalue weighted by molar-refractivity contribution is 5.94. The van der Waals surface area contributed by atoms with E-state index in [1.807, 2.05) is 24.3 Å². The summed E-state index contributed by atoms with van der Waals surface area (Å²) in [4.78, 5) is 40.8. The second-order valence-electron chi connectivity index (χ2n) is 10.7. The van der Waals surface area contributed by atoms with Crippen molar-refractivity contribution in [3.63, 3.8) is 0 Å². The molecule has 0 saturated heterocycles. The quantitative estimate of drug-likeness (QED) is 0.377. The van der Waals surface area contributed by atoms with Crippen LogP contribution in [-0.4, -0.2) is 53.3 Å². The Balaban J connectivity index is 1.43. The fourth-order valence-corrected chi connectivity index (χ4v) is 5.58. The number of carbonyl (C=O) groups is 2. The molecule has 8 bridgehead atoms. The van der Waals surface area contributed by atoms with E-state index in [-0.39, 0.29) is 36.7 Å². The van der Waals surface area contributed by atoms with Crippen molar-refractivity contribution in [3.05, 3.63) is 111 Å². The zero-order valence-electron chi connectivity index (χ0n) is 24.3. The molecule has 226 valence electrons. The van der Waals surface area contributed by atoms with Crippen LogP contribution >= 0.6 is 0 Å². The number of hydrogen-bond acceptors (Lipinski definition) is 7. The number of fused-ring (bicyclic) bond motifs is 6. The van der Waals surface area contributed by atoms with Crippen LogP contribution in [0.1, 0.15) is 45.2 Å². The van der Waals surface area contributed by atoms with E-state index in [4.69, 9.17) is 14.2 Å². The van der Waals surface area contributed by atoms with Crippen molar-refractivity contribution in [2.24, 2.45) is 0 Å². The second kappa shape index (κ2) is 12.2. The fourth-order valence-electron chi connectivity index (χ4n) is 5.58. The summed E-state index contributed by atoms with van der Waals surface area (Å²) in [6, 6.07) is 17.7. The number of aryl methyl sites for hydroxylation is 1. The van der Waals surface area contributed by atoms with Crippen molar-refractivity contribution < 1.29 is 28.2 Å². The average Bonchev–Trinajstić information content (AvgIpc) is 3.02. The molecule has 0 spiro atoms. The number of ether oxygens (including phenoxy) is 3. The van der Waals surface area contributed by atoms with Gasteiger partial charge in [0.15, 0.2) is 11.5 Å². The first kappa shape index (κ1) is 28.9. The van der Waals surface area contributed by atoms with Gasteiger partial charge in [0, 0.05) is 19.2 Å². The van der Waals surface area contributed by atoms with Gasteiger partial charge in [-0.05, 0) is 85.0 Å². The molecule has 0 saturated carbocycles. The Kier molecular flexibility index (Phi) is 8.01. The van der Waals surface area contributed by atoms with Gasteiger partial charge in [-0.25, -0.2) is 9.07 Å². The van der Waals surface area contributed by atoms with E-state index < -0.39 is 17.8 Å². The third-order valence-electron chi connectivity index (χ3n) is 7.73. The van der Waals surface area contributed by atoms with Crippen LogP contribution in [0, 0.1) is 12.7 Å². The van der Waals surface area contributed by atoms with Gasteiger partial charge >= 0.3 is 0 Å². The summed E-state index contributed by atoms with van der Waals surface area (Å²) in [6.45, 7) is 2.45. The first-order chi connectivity index (χ1) is 21.3. The summed E-state index contributed by atoms with van der Waals surface area (Å²) in [7, 11) is 1.54. The van der Waals surface area contributed by atoms with Crippen molar-refractivity contribution in [1.29, 1.82) is 0 Å². The molecular weight excluding hydrogens is 567 g/mol. The molecule has 1 N–H and O–H groups in total. The van der Waals surface area contributed by atoms with E-state index in [2.05, 4.69) is 10.4 Å². The van der Waals surface area contributed by atoms with E-state index in [1.165, 1.54) is 28.9 Å². The number of benzene rings is 3. The number of methoxy groups -OCH3 is 1. The molecule has 1 atom stereocenters. The summed E-state index contributed by atoms with van der Waals surface area (Å²) in [6.07, 6.45) is 0.982. The van der Waals surface area contributed by atoms with Crippen molar-refractivity contribution in [2.75, 3.05) is 26.8 Å². The van der Waals surface area contributed by atoms with E-state index in [9.17, 15) is 18.8 Å². The maximum atomic E-state index is 14.5. The molecule has 4 heterocycles. The van der Waals surface area contributed by atoms with Crippen molar-refractivity contribution >= 4 is 11.8 Å². The SMILES string of the molecule is COc1ccc2cc1OCCCNC(=O)c1cc(ccc1F)Oc1ccc3c(c1)CCN(C(=O)Cn1nc(C)ccc1=O)C23. The standard InChI is InChI=1S/C33H31FN4O6/c1-20-4-11-30(39)38(36-20)19-31(40)37-14-12-21-16-23-6-8-25(21)32(37)22-5-10-28(42-2)29(17-22)43-15-3-13-35-33(41)26-18-24(44-23)7-9-27(26)34/h4-11,16-18,32H,3,12-15,19H2,1-2H3,(H,35,41). The molecule has 0 fully saturated rings. The maximum Gasteiger partial charge on any atom is 0.267 e. The van der Waals surface area contributed by atoms with Crippen molar-refractivity contribution in [1.82, 2.24) is 20.0 Å². The molecule has 0 radical (unpaired) electrons. The molecule has 3 aliphatic heterocycles. The van der Waals surface area contributed by atoms with Crippen LogP contribution in [0.25, 0.3) is 0 Å². The summed E-state index contributed by atoms with van der Waals surface area (Å²) in [5.74, 6) is 0.373. The van der Waals surface area contributed by atoms with Crippen molar-refractivity contribution in [3.8, 4) is 23.0 Å². The van der Waals surface area contributed by atoms with Crippen LogP contribution in [0.4, 0.5) is 4.39 Å². The van der Waals surface area contributed by atoms with E-state index in [0.717, 1.165) is 16.7 Å². The summed E-state index contributed by atoms with van der Waals surface area (Å²) < 4.78 is 33.4. The predicted octanol–water partition coefficient (Wildman–Crippen LogP) is 4.18.